The molecule has 1 N–H and O–H groups in total. The number of likely N-dealkylation sites (tertiary alicyclic amines) is 1. The highest BCUT2D eigenvalue weighted by molar-refractivity contribution is 4.89. The van der Waals surface area contributed by atoms with Gasteiger partial charge in [0.1, 0.15) is 0 Å². The molecule has 2 rings (SSSR count). The van der Waals surface area contributed by atoms with Crippen molar-refractivity contribution < 1.29 is 0 Å². The first-order valence-electron chi connectivity index (χ1n) is 6.72. The van der Waals surface area contributed by atoms with Crippen molar-refractivity contribution in [1.82, 2.24) is 15.1 Å². The molecule has 0 radical (unpaired) electrons. The second-order valence-corrected chi connectivity index (χ2v) is 6.18. The number of hydrogen-bond donors (Lipinski definition) is 1. The van der Waals surface area contributed by atoms with Crippen LogP contribution >= 0.6 is 0 Å². The molecule has 16 heavy (non-hydrogen) atoms. The van der Waals surface area contributed by atoms with E-state index in [1.54, 1.807) is 0 Å². The average Bonchev–Trinajstić information content (AvgIpc) is 2.24. The second kappa shape index (κ2) is 5.03. The van der Waals surface area contributed by atoms with Gasteiger partial charge in [0.05, 0.1) is 0 Å². The second-order valence-electron chi connectivity index (χ2n) is 6.18. The Morgan fingerprint density at radius 3 is 2.50 bits per heavy atom. The summed E-state index contributed by atoms with van der Waals surface area (Å²) in [4.78, 5) is 5.15. The zero-order chi connectivity index (χ0) is 11.6. The van der Waals surface area contributed by atoms with Crippen molar-refractivity contribution in [3.63, 3.8) is 0 Å². The third kappa shape index (κ3) is 2.96. The van der Waals surface area contributed by atoms with Crippen molar-refractivity contribution in [2.24, 2.45) is 5.92 Å². The molecule has 2 aliphatic heterocycles. The van der Waals surface area contributed by atoms with Crippen molar-refractivity contribution in [2.75, 3.05) is 46.3 Å². The molecule has 2 aliphatic rings. The lowest BCUT2D eigenvalue weighted by molar-refractivity contribution is 0.0582. The molecule has 0 aromatic rings. The van der Waals surface area contributed by atoms with Crippen LogP contribution in [0.15, 0.2) is 0 Å². The minimum atomic E-state index is 0.349. The van der Waals surface area contributed by atoms with E-state index in [-0.39, 0.29) is 0 Å². The zero-order valence-electron chi connectivity index (χ0n) is 11.1. The van der Waals surface area contributed by atoms with Crippen LogP contribution in [0.2, 0.25) is 0 Å². The maximum Gasteiger partial charge on any atom is 0.0278 e. The summed E-state index contributed by atoms with van der Waals surface area (Å²) in [6, 6.07) is 0. The minimum Gasteiger partial charge on any atom is -0.314 e. The van der Waals surface area contributed by atoms with Gasteiger partial charge in [0.15, 0.2) is 0 Å². The normalized spacial score (nSPS) is 29.4. The summed E-state index contributed by atoms with van der Waals surface area (Å²) in [5.74, 6) is 0.925. The van der Waals surface area contributed by atoms with Crippen molar-refractivity contribution in [2.45, 2.75) is 32.2 Å². The van der Waals surface area contributed by atoms with E-state index in [2.05, 4.69) is 36.0 Å². The molecule has 3 nitrogen and oxygen atoms in total. The van der Waals surface area contributed by atoms with Crippen LogP contribution in [0.4, 0.5) is 0 Å². The number of rotatable bonds is 2. The SMILES string of the molecule is CN1CCC(CN2CCNCC2(C)C)CC1. The molecular formula is C13H27N3. The van der Waals surface area contributed by atoms with Gasteiger partial charge in [-0.25, -0.2) is 0 Å². The molecule has 2 heterocycles. The van der Waals surface area contributed by atoms with Crippen LogP contribution in [0.25, 0.3) is 0 Å². The Balaban J connectivity index is 1.84. The van der Waals surface area contributed by atoms with E-state index in [0.29, 0.717) is 5.54 Å². The van der Waals surface area contributed by atoms with Crippen molar-refractivity contribution >= 4 is 0 Å². The van der Waals surface area contributed by atoms with Gasteiger partial charge in [0.25, 0.3) is 0 Å². The summed E-state index contributed by atoms with van der Waals surface area (Å²) in [5, 5.41) is 3.50. The smallest absolute Gasteiger partial charge is 0.0278 e. The molecule has 0 bridgehead atoms. The van der Waals surface area contributed by atoms with Crippen LogP contribution in [-0.2, 0) is 0 Å². The summed E-state index contributed by atoms with van der Waals surface area (Å²) in [6.07, 6.45) is 2.77. The fraction of sp³-hybridized carbons (Fsp3) is 1.00. The molecule has 94 valence electrons. The van der Waals surface area contributed by atoms with Gasteiger partial charge in [0, 0.05) is 31.7 Å². The summed E-state index contributed by atoms with van der Waals surface area (Å²) in [5.41, 5.74) is 0.349. The maximum atomic E-state index is 3.50. The highest BCUT2D eigenvalue weighted by Crippen LogP contribution is 2.23. The summed E-state index contributed by atoms with van der Waals surface area (Å²) >= 11 is 0. The number of nitrogens with one attached hydrogen (secondary N) is 1. The molecular weight excluding hydrogens is 198 g/mol. The van der Waals surface area contributed by atoms with Gasteiger partial charge < -0.3 is 10.2 Å². The molecule has 0 saturated carbocycles. The van der Waals surface area contributed by atoms with Crippen molar-refractivity contribution in [3.8, 4) is 0 Å². The lowest BCUT2D eigenvalue weighted by Crippen LogP contribution is -2.59. The number of piperazine rings is 1. The van der Waals surface area contributed by atoms with Gasteiger partial charge in [-0.3, -0.25) is 4.90 Å². The largest absolute Gasteiger partial charge is 0.314 e. The predicted octanol–water partition coefficient (Wildman–Crippen LogP) is 1.01. The van der Waals surface area contributed by atoms with Crippen LogP contribution in [0.3, 0.4) is 0 Å². The molecule has 2 fully saturated rings. The van der Waals surface area contributed by atoms with Crippen LogP contribution in [0.1, 0.15) is 26.7 Å². The van der Waals surface area contributed by atoms with E-state index in [1.165, 1.54) is 39.0 Å². The highest BCUT2D eigenvalue weighted by atomic mass is 15.2. The molecule has 0 aliphatic carbocycles. The monoisotopic (exact) mass is 225 g/mol. The van der Waals surface area contributed by atoms with Crippen LogP contribution < -0.4 is 5.32 Å². The van der Waals surface area contributed by atoms with Crippen LogP contribution in [-0.4, -0.2) is 61.7 Å². The van der Waals surface area contributed by atoms with E-state index < -0.39 is 0 Å². The first-order valence-corrected chi connectivity index (χ1v) is 6.72. The van der Waals surface area contributed by atoms with Crippen LogP contribution in [0.5, 0.6) is 0 Å². The van der Waals surface area contributed by atoms with Gasteiger partial charge in [-0.2, -0.15) is 0 Å². The highest BCUT2D eigenvalue weighted by Gasteiger charge is 2.31. The molecule has 3 heteroatoms. The fourth-order valence-corrected chi connectivity index (χ4v) is 2.92. The van der Waals surface area contributed by atoms with Gasteiger partial charge in [-0.15, -0.1) is 0 Å². The average molecular weight is 225 g/mol. The standard InChI is InChI=1S/C13H27N3/c1-13(2)11-14-6-9-16(13)10-12-4-7-15(3)8-5-12/h12,14H,4-11H2,1-3H3. The third-order valence-electron chi connectivity index (χ3n) is 4.29. The van der Waals surface area contributed by atoms with E-state index in [0.717, 1.165) is 19.0 Å². The van der Waals surface area contributed by atoms with Gasteiger partial charge >= 0.3 is 0 Å². The first-order chi connectivity index (χ1) is 7.58. The Labute approximate surface area is 100 Å². The maximum absolute atomic E-state index is 3.50. The van der Waals surface area contributed by atoms with Crippen molar-refractivity contribution in [3.05, 3.63) is 0 Å². The van der Waals surface area contributed by atoms with Gasteiger partial charge in [0.2, 0.25) is 0 Å². The summed E-state index contributed by atoms with van der Waals surface area (Å²) in [7, 11) is 2.24. The lowest BCUT2D eigenvalue weighted by Gasteiger charge is -2.45. The molecule has 0 unspecified atom stereocenters. The Kier molecular flexibility index (Phi) is 3.88. The molecule has 0 aromatic carbocycles. The van der Waals surface area contributed by atoms with E-state index in [9.17, 15) is 0 Å². The Morgan fingerprint density at radius 2 is 1.88 bits per heavy atom. The summed E-state index contributed by atoms with van der Waals surface area (Å²) in [6.45, 7) is 12.1. The Morgan fingerprint density at radius 1 is 1.19 bits per heavy atom. The Hall–Kier alpha value is -0.120. The number of hydrogen-bond acceptors (Lipinski definition) is 3. The molecule has 0 aromatic heterocycles. The minimum absolute atomic E-state index is 0.349. The van der Waals surface area contributed by atoms with Crippen LogP contribution in [0, 0.1) is 5.92 Å². The first kappa shape index (κ1) is 12.3. The number of nitrogens with zero attached hydrogens (tertiary/aromatic N) is 2. The van der Waals surface area contributed by atoms with E-state index in [4.69, 9.17) is 0 Å². The van der Waals surface area contributed by atoms with Crippen molar-refractivity contribution in [1.29, 1.82) is 0 Å². The Bertz CT molecular complexity index is 219. The molecule has 0 amide bonds. The van der Waals surface area contributed by atoms with Gasteiger partial charge in [-0.1, -0.05) is 0 Å². The topological polar surface area (TPSA) is 18.5 Å². The molecule has 2 saturated heterocycles. The lowest BCUT2D eigenvalue weighted by atomic mass is 9.92. The summed E-state index contributed by atoms with van der Waals surface area (Å²) < 4.78 is 0. The van der Waals surface area contributed by atoms with E-state index >= 15 is 0 Å². The fourth-order valence-electron chi connectivity index (χ4n) is 2.92. The van der Waals surface area contributed by atoms with E-state index in [1.807, 2.05) is 0 Å². The zero-order valence-corrected chi connectivity index (χ0v) is 11.1. The molecule has 0 spiro atoms. The predicted molar refractivity (Wildman–Crippen MR) is 68.7 cm³/mol. The van der Waals surface area contributed by atoms with Gasteiger partial charge in [-0.05, 0) is 52.7 Å². The third-order valence-corrected chi connectivity index (χ3v) is 4.29. The quantitative estimate of drug-likeness (QED) is 0.757. The number of piperidine rings is 1. The molecule has 0 atom stereocenters.